The van der Waals surface area contributed by atoms with E-state index in [0.29, 0.717) is 13.2 Å². The lowest BCUT2D eigenvalue weighted by atomic mass is 10.3. The molecule has 1 aromatic heterocycles. The van der Waals surface area contributed by atoms with Crippen LogP contribution in [0.5, 0.6) is 6.01 Å². The Kier molecular flexibility index (Phi) is 6.29. The number of rotatable bonds is 9. The van der Waals surface area contributed by atoms with E-state index in [4.69, 9.17) is 9.84 Å². The fraction of sp³-hybridized carbons (Fsp3) is 0.727. The summed E-state index contributed by atoms with van der Waals surface area (Å²) in [6.07, 6.45) is 0.862. The van der Waals surface area contributed by atoms with Gasteiger partial charge in [-0.15, -0.1) is 0 Å². The van der Waals surface area contributed by atoms with E-state index in [1.807, 2.05) is 6.92 Å². The maximum Gasteiger partial charge on any atom is 0.323 e. The van der Waals surface area contributed by atoms with Crippen LogP contribution in [0.25, 0.3) is 0 Å². The first-order valence-electron chi connectivity index (χ1n) is 6.36. The minimum absolute atomic E-state index is 0.0322. The maximum absolute atomic E-state index is 13.0. The molecule has 0 bridgehead atoms. The molecule has 0 fully saturated rings. The molecule has 0 aliphatic rings. The molecule has 0 aliphatic carbocycles. The lowest BCUT2D eigenvalue weighted by Gasteiger charge is -2.14. The molecule has 1 rings (SSSR count). The number of aliphatic hydroxyl groups is 1. The standard InChI is InChI=1S/C11H19F2N5O2/c1-3-5-14-8-16-9(15-6-11(12,13)7-19)18-10(17-8)20-4-2/h19H,3-7H2,1-2H3,(H2,14,15,16,17,18). The summed E-state index contributed by atoms with van der Waals surface area (Å²) in [5.41, 5.74) is 0. The second-order valence-electron chi connectivity index (χ2n) is 3.99. The van der Waals surface area contributed by atoms with Gasteiger partial charge in [0.05, 0.1) is 13.2 Å². The van der Waals surface area contributed by atoms with Crippen molar-refractivity contribution < 1.29 is 18.6 Å². The van der Waals surface area contributed by atoms with Crippen LogP contribution in [0.15, 0.2) is 0 Å². The molecule has 0 spiro atoms. The number of alkyl halides is 2. The van der Waals surface area contributed by atoms with E-state index in [1.165, 1.54) is 0 Å². The number of aliphatic hydroxyl groups excluding tert-OH is 1. The monoisotopic (exact) mass is 291 g/mol. The highest BCUT2D eigenvalue weighted by Gasteiger charge is 2.27. The molecule has 0 amide bonds. The van der Waals surface area contributed by atoms with Crippen molar-refractivity contribution >= 4 is 11.9 Å². The van der Waals surface area contributed by atoms with Crippen molar-refractivity contribution in [1.29, 1.82) is 0 Å². The molecule has 0 saturated carbocycles. The molecule has 0 saturated heterocycles. The van der Waals surface area contributed by atoms with Crippen LogP contribution in [0.1, 0.15) is 20.3 Å². The number of hydrogen-bond donors (Lipinski definition) is 3. The van der Waals surface area contributed by atoms with Crippen LogP contribution >= 0.6 is 0 Å². The van der Waals surface area contributed by atoms with E-state index in [0.717, 1.165) is 6.42 Å². The Hall–Kier alpha value is -1.77. The van der Waals surface area contributed by atoms with Gasteiger partial charge in [-0.3, -0.25) is 0 Å². The second kappa shape index (κ2) is 7.73. The highest BCUT2D eigenvalue weighted by atomic mass is 19.3. The van der Waals surface area contributed by atoms with E-state index in [2.05, 4.69) is 25.6 Å². The zero-order valence-electron chi connectivity index (χ0n) is 11.5. The van der Waals surface area contributed by atoms with E-state index >= 15 is 0 Å². The van der Waals surface area contributed by atoms with Gasteiger partial charge in [-0.05, 0) is 13.3 Å². The molecule has 114 valence electrons. The average Bonchev–Trinajstić information content (AvgIpc) is 2.43. The third-order valence-corrected chi connectivity index (χ3v) is 2.16. The average molecular weight is 291 g/mol. The Morgan fingerprint density at radius 1 is 1.15 bits per heavy atom. The van der Waals surface area contributed by atoms with Crippen molar-refractivity contribution in [2.75, 3.05) is 36.9 Å². The van der Waals surface area contributed by atoms with Crippen molar-refractivity contribution in [2.24, 2.45) is 0 Å². The predicted octanol–water partition coefficient (Wildman–Crippen LogP) is 1.13. The van der Waals surface area contributed by atoms with Crippen LogP contribution in [0.3, 0.4) is 0 Å². The summed E-state index contributed by atoms with van der Waals surface area (Å²) in [5, 5.41) is 13.8. The molecular formula is C11H19F2N5O2. The molecule has 0 aromatic carbocycles. The number of anilines is 2. The highest BCUT2D eigenvalue weighted by Crippen LogP contribution is 2.15. The number of hydrogen-bond acceptors (Lipinski definition) is 7. The van der Waals surface area contributed by atoms with Crippen LogP contribution in [-0.4, -0.2) is 52.3 Å². The van der Waals surface area contributed by atoms with Gasteiger partial charge < -0.3 is 20.5 Å². The Morgan fingerprint density at radius 2 is 1.80 bits per heavy atom. The summed E-state index contributed by atoms with van der Waals surface area (Å²) in [5.74, 6) is -3.02. The molecule has 0 unspecified atom stereocenters. The van der Waals surface area contributed by atoms with Gasteiger partial charge in [-0.1, -0.05) is 6.92 Å². The Labute approximate surface area is 115 Å². The quantitative estimate of drug-likeness (QED) is 0.628. The summed E-state index contributed by atoms with van der Waals surface area (Å²) in [7, 11) is 0. The lowest BCUT2D eigenvalue weighted by Crippen LogP contribution is -2.31. The highest BCUT2D eigenvalue weighted by molar-refractivity contribution is 5.36. The van der Waals surface area contributed by atoms with Crippen molar-refractivity contribution in [3.8, 4) is 6.01 Å². The van der Waals surface area contributed by atoms with Gasteiger partial charge in [-0.25, -0.2) is 8.78 Å². The van der Waals surface area contributed by atoms with Crippen molar-refractivity contribution in [2.45, 2.75) is 26.2 Å². The zero-order valence-corrected chi connectivity index (χ0v) is 11.5. The summed E-state index contributed by atoms with van der Waals surface area (Å²) < 4.78 is 31.1. The SMILES string of the molecule is CCCNc1nc(NCC(F)(F)CO)nc(OCC)n1. The molecule has 1 aromatic rings. The van der Waals surface area contributed by atoms with Gasteiger partial charge in [0.2, 0.25) is 11.9 Å². The third-order valence-electron chi connectivity index (χ3n) is 2.16. The zero-order chi connectivity index (χ0) is 15.0. The van der Waals surface area contributed by atoms with Crippen molar-refractivity contribution in [1.82, 2.24) is 15.0 Å². The first-order valence-corrected chi connectivity index (χ1v) is 6.36. The van der Waals surface area contributed by atoms with E-state index in [9.17, 15) is 8.78 Å². The van der Waals surface area contributed by atoms with Crippen molar-refractivity contribution in [3.05, 3.63) is 0 Å². The number of ether oxygens (including phenoxy) is 1. The molecule has 9 heteroatoms. The lowest BCUT2D eigenvalue weighted by molar-refractivity contribution is -0.0374. The fourth-order valence-corrected chi connectivity index (χ4v) is 1.21. The number of halogens is 2. The third kappa shape index (κ3) is 5.47. The minimum Gasteiger partial charge on any atom is -0.464 e. The summed E-state index contributed by atoms with van der Waals surface area (Å²) in [4.78, 5) is 11.8. The normalized spacial score (nSPS) is 11.2. The summed E-state index contributed by atoms with van der Waals surface area (Å²) >= 11 is 0. The summed E-state index contributed by atoms with van der Waals surface area (Å²) in [6.45, 7) is 2.70. The van der Waals surface area contributed by atoms with Gasteiger partial charge in [0.15, 0.2) is 0 Å². The number of nitrogens with one attached hydrogen (secondary N) is 2. The molecule has 1 heterocycles. The molecule has 0 radical (unpaired) electrons. The minimum atomic E-state index is -3.24. The Bertz CT molecular complexity index is 420. The predicted molar refractivity (Wildman–Crippen MR) is 70.3 cm³/mol. The first-order chi connectivity index (χ1) is 9.50. The van der Waals surface area contributed by atoms with Crippen LogP contribution in [0, 0.1) is 0 Å². The van der Waals surface area contributed by atoms with Crippen molar-refractivity contribution in [3.63, 3.8) is 0 Å². The van der Waals surface area contributed by atoms with Gasteiger partial charge >= 0.3 is 6.01 Å². The molecule has 20 heavy (non-hydrogen) atoms. The Morgan fingerprint density at radius 3 is 2.35 bits per heavy atom. The van der Waals surface area contributed by atoms with E-state index in [1.54, 1.807) is 6.92 Å². The molecule has 0 atom stereocenters. The second-order valence-corrected chi connectivity index (χ2v) is 3.99. The Balaban J connectivity index is 2.79. The van der Waals surface area contributed by atoms with E-state index in [-0.39, 0.29) is 17.9 Å². The first kappa shape index (κ1) is 16.3. The van der Waals surface area contributed by atoms with Gasteiger partial charge in [0.25, 0.3) is 5.92 Å². The van der Waals surface area contributed by atoms with Crippen LogP contribution in [0.4, 0.5) is 20.7 Å². The van der Waals surface area contributed by atoms with E-state index < -0.39 is 19.1 Å². The number of nitrogens with zero attached hydrogens (tertiary/aromatic N) is 3. The van der Waals surface area contributed by atoms with Gasteiger partial charge in [0, 0.05) is 6.54 Å². The molecule has 3 N–H and O–H groups in total. The van der Waals surface area contributed by atoms with Gasteiger partial charge in [-0.2, -0.15) is 15.0 Å². The fourth-order valence-electron chi connectivity index (χ4n) is 1.21. The largest absolute Gasteiger partial charge is 0.464 e. The molecule has 0 aliphatic heterocycles. The molecule has 7 nitrogen and oxygen atoms in total. The van der Waals surface area contributed by atoms with Crippen LogP contribution in [0.2, 0.25) is 0 Å². The van der Waals surface area contributed by atoms with Gasteiger partial charge in [0.1, 0.15) is 6.61 Å². The topological polar surface area (TPSA) is 92.2 Å². The smallest absolute Gasteiger partial charge is 0.323 e. The number of aromatic nitrogens is 3. The van der Waals surface area contributed by atoms with Crippen LogP contribution in [-0.2, 0) is 0 Å². The molecular weight excluding hydrogens is 272 g/mol. The summed E-state index contributed by atoms with van der Waals surface area (Å²) in [6, 6.07) is 0.0518. The van der Waals surface area contributed by atoms with Crippen LogP contribution < -0.4 is 15.4 Å². The maximum atomic E-state index is 13.0.